The molecule has 1 N–H and O–H groups in total. The van der Waals surface area contributed by atoms with Gasteiger partial charge in [0.15, 0.2) is 5.16 Å². The Balaban J connectivity index is 1.21. The average Bonchev–Trinajstić information content (AvgIpc) is 3.43. The predicted octanol–water partition coefficient (Wildman–Crippen LogP) is 7.19. The maximum absolute atomic E-state index is 9.85. The molecule has 1 saturated heterocycles. The monoisotopic (exact) mass is 593 g/mol. The number of nitrogens with zero attached hydrogens (tertiary/aromatic N) is 6. The molecule has 0 aliphatic carbocycles. The number of anilines is 2. The van der Waals surface area contributed by atoms with Crippen molar-refractivity contribution in [1.29, 1.82) is 5.26 Å². The van der Waals surface area contributed by atoms with Crippen LogP contribution in [-0.4, -0.2) is 57.1 Å². The van der Waals surface area contributed by atoms with Gasteiger partial charge < -0.3 is 14.8 Å². The number of hydrogen-bond donors (Lipinski definition) is 1. The molecule has 5 aromatic rings. The summed E-state index contributed by atoms with van der Waals surface area (Å²) in [5.41, 5.74) is 6.37. The van der Waals surface area contributed by atoms with Crippen LogP contribution in [0, 0.1) is 11.3 Å². The molecule has 0 bridgehead atoms. The van der Waals surface area contributed by atoms with Gasteiger partial charge in [0.25, 0.3) is 0 Å². The summed E-state index contributed by atoms with van der Waals surface area (Å²) in [5, 5.41) is 15.6. The van der Waals surface area contributed by atoms with Crippen molar-refractivity contribution in [3.63, 3.8) is 0 Å². The van der Waals surface area contributed by atoms with Crippen molar-refractivity contribution >= 4 is 45.6 Å². The molecule has 0 unspecified atom stereocenters. The Morgan fingerprint density at radius 2 is 1.71 bits per heavy atom. The quantitative estimate of drug-likeness (QED) is 0.204. The summed E-state index contributed by atoms with van der Waals surface area (Å²) >= 11 is 8.15. The van der Waals surface area contributed by atoms with E-state index in [0.29, 0.717) is 16.3 Å². The number of aryl methyl sites for hydroxylation is 1. The largest absolute Gasteiger partial charge is 0.354 e. The smallest absolute Gasteiger partial charge is 0.172 e. The Kier molecular flexibility index (Phi) is 8.45. The van der Waals surface area contributed by atoms with Crippen molar-refractivity contribution in [2.45, 2.75) is 23.5 Å². The lowest BCUT2D eigenvalue weighted by molar-refractivity contribution is 0.132. The van der Waals surface area contributed by atoms with Crippen molar-refractivity contribution in [1.82, 2.24) is 24.3 Å². The third-order valence-corrected chi connectivity index (χ3v) is 9.35. The van der Waals surface area contributed by atoms with Gasteiger partial charge in [-0.1, -0.05) is 66.7 Å². The molecule has 1 aliphatic heterocycles. The molecule has 3 heterocycles. The summed E-state index contributed by atoms with van der Waals surface area (Å²) in [6, 6.07) is 23.1. The number of rotatable bonds is 8. The highest BCUT2D eigenvalue weighted by molar-refractivity contribution is 7.99. The molecule has 0 spiro atoms. The Hall–Kier alpha value is -3.87. The molecule has 1 fully saturated rings. The molecule has 7 nitrogen and oxygen atoms in total. The lowest BCUT2D eigenvalue weighted by atomic mass is 10.0. The summed E-state index contributed by atoms with van der Waals surface area (Å²) in [7, 11) is 1.95. The van der Waals surface area contributed by atoms with E-state index in [-0.39, 0.29) is 0 Å². The van der Waals surface area contributed by atoms with E-state index < -0.39 is 0 Å². The van der Waals surface area contributed by atoms with Gasteiger partial charge in [0, 0.05) is 74.3 Å². The molecule has 0 radical (unpaired) electrons. The van der Waals surface area contributed by atoms with E-state index >= 15 is 0 Å². The molecular formula is C33H32ClN7S. The van der Waals surface area contributed by atoms with E-state index in [0.717, 1.165) is 77.0 Å². The van der Waals surface area contributed by atoms with E-state index in [2.05, 4.69) is 74.5 Å². The van der Waals surface area contributed by atoms with Crippen LogP contribution < -0.4 is 5.32 Å². The van der Waals surface area contributed by atoms with Crippen LogP contribution >= 0.6 is 23.4 Å². The minimum atomic E-state index is 0.474. The Labute approximate surface area is 255 Å². The molecule has 2 aromatic heterocycles. The minimum absolute atomic E-state index is 0.474. The number of fused-ring (bicyclic) bond motifs is 1. The summed E-state index contributed by atoms with van der Waals surface area (Å²) in [6.45, 7) is 8.87. The van der Waals surface area contributed by atoms with Gasteiger partial charge in [0.2, 0.25) is 0 Å². The zero-order valence-corrected chi connectivity index (χ0v) is 25.3. The topological polar surface area (TPSA) is 73.0 Å². The van der Waals surface area contributed by atoms with Crippen molar-refractivity contribution in [3.05, 3.63) is 95.4 Å². The lowest BCUT2D eigenvalue weighted by Gasteiger charge is -2.34. The molecule has 0 amide bonds. The zero-order valence-electron chi connectivity index (χ0n) is 23.7. The highest BCUT2D eigenvalue weighted by Gasteiger charge is 2.16. The number of nitriles is 1. The first-order chi connectivity index (χ1) is 20.5. The molecule has 0 atom stereocenters. The summed E-state index contributed by atoms with van der Waals surface area (Å²) < 4.78 is 1.95. The van der Waals surface area contributed by atoms with Crippen LogP contribution in [0.5, 0.6) is 0 Å². The van der Waals surface area contributed by atoms with Crippen LogP contribution in [0.25, 0.3) is 22.0 Å². The highest BCUT2D eigenvalue weighted by atomic mass is 35.5. The van der Waals surface area contributed by atoms with Gasteiger partial charge in [-0.3, -0.25) is 9.88 Å². The third-order valence-electron chi connectivity index (χ3n) is 7.77. The fourth-order valence-corrected chi connectivity index (χ4v) is 6.38. The minimum Gasteiger partial charge on any atom is -0.354 e. The zero-order chi connectivity index (χ0) is 29.1. The molecule has 3 aromatic carbocycles. The number of piperazine rings is 1. The van der Waals surface area contributed by atoms with Crippen LogP contribution in [0.4, 0.5) is 11.4 Å². The lowest BCUT2D eigenvalue weighted by Crippen LogP contribution is -2.45. The molecular weight excluding hydrogens is 562 g/mol. The number of pyridine rings is 1. The number of imidazole rings is 1. The van der Waals surface area contributed by atoms with E-state index in [1.54, 1.807) is 12.4 Å². The van der Waals surface area contributed by atoms with Gasteiger partial charge in [0.1, 0.15) is 6.07 Å². The fraction of sp³-hybridized carbons (Fsp3) is 0.242. The van der Waals surface area contributed by atoms with Crippen molar-refractivity contribution in [3.8, 4) is 17.2 Å². The van der Waals surface area contributed by atoms with Gasteiger partial charge in [-0.05, 0) is 47.5 Å². The van der Waals surface area contributed by atoms with Gasteiger partial charge >= 0.3 is 0 Å². The van der Waals surface area contributed by atoms with Crippen LogP contribution in [0.15, 0.2) is 89.3 Å². The van der Waals surface area contributed by atoms with Gasteiger partial charge in [-0.15, -0.1) is 0 Å². The van der Waals surface area contributed by atoms with Crippen molar-refractivity contribution < 1.29 is 0 Å². The first-order valence-corrected chi connectivity index (χ1v) is 15.3. The first-order valence-electron chi connectivity index (χ1n) is 14.1. The van der Waals surface area contributed by atoms with Gasteiger partial charge in [-0.2, -0.15) is 5.26 Å². The Bertz CT molecular complexity index is 1750. The summed E-state index contributed by atoms with van der Waals surface area (Å²) in [5.74, 6) is 0. The average molecular weight is 594 g/mol. The van der Waals surface area contributed by atoms with Crippen molar-refractivity contribution in [2.24, 2.45) is 7.05 Å². The highest BCUT2D eigenvalue weighted by Crippen LogP contribution is 2.36. The van der Waals surface area contributed by atoms with E-state index in [9.17, 15) is 5.26 Å². The molecule has 6 rings (SSSR count). The molecule has 42 heavy (non-hydrogen) atoms. The van der Waals surface area contributed by atoms with Crippen molar-refractivity contribution in [2.75, 3.05) is 38.0 Å². The first kappa shape index (κ1) is 28.3. The maximum Gasteiger partial charge on any atom is 0.172 e. The second-order valence-corrected chi connectivity index (χ2v) is 11.9. The van der Waals surface area contributed by atoms with E-state index in [1.165, 1.54) is 17.3 Å². The number of aromatic nitrogens is 3. The Morgan fingerprint density at radius 3 is 2.40 bits per heavy atom. The van der Waals surface area contributed by atoms with E-state index in [4.69, 9.17) is 11.6 Å². The van der Waals surface area contributed by atoms with Crippen LogP contribution in [0.3, 0.4) is 0 Å². The van der Waals surface area contributed by atoms with Gasteiger partial charge in [0.05, 0.1) is 21.8 Å². The number of hydrogen-bond acceptors (Lipinski definition) is 7. The number of likely N-dealkylation sites (N-methyl/N-ethyl adjacent to an activating group) is 1. The van der Waals surface area contributed by atoms with Crippen LogP contribution in [0.1, 0.15) is 18.1 Å². The molecule has 212 valence electrons. The second-order valence-electron chi connectivity index (χ2n) is 10.5. The third kappa shape index (κ3) is 6.15. The number of nitrogens with one attached hydrogen (secondary N) is 1. The second kappa shape index (κ2) is 12.6. The summed E-state index contributed by atoms with van der Waals surface area (Å²) in [4.78, 5) is 14.9. The van der Waals surface area contributed by atoms with Crippen LogP contribution in [0.2, 0.25) is 5.02 Å². The normalized spacial score (nSPS) is 14.2. The van der Waals surface area contributed by atoms with Crippen LogP contribution in [-0.2, 0) is 13.6 Å². The molecule has 1 aliphatic rings. The molecule has 9 heteroatoms. The number of benzene rings is 3. The molecule has 0 saturated carbocycles. The predicted molar refractivity (Wildman–Crippen MR) is 171 cm³/mol. The SMILES string of the molecule is CCN1CCN(Cc2ccc(-c3ccc4c(Nc5ccc(Sc6nccn6C)c(Cl)c5)c(C#N)cnc4c3)cc2)CC1. The number of halogens is 1. The fourth-order valence-electron chi connectivity index (χ4n) is 5.27. The van der Waals surface area contributed by atoms with Gasteiger partial charge in [-0.25, -0.2) is 4.98 Å². The summed E-state index contributed by atoms with van der Waals surface area (Å²) in [6.07, 6.45) is 5.30. The van der Waals surface area contributed by atoms with E-state index in [1.807, 2.05) is 42.1 Å². The Morgan fingerprint density at radius 1 is 0.952 bits per heavy atom. The standard InChI is InChI=1S/C33H32ClN7S/c1-3-40-14-16-41(17-15-40)22-23-4-6-24(7-5-23)25-8-10-28-30(18-25)37-21-26(20-35)32(28)38-27-9-11-31(29(34)19-27)42-33-36-12-13-39(33)2/h4-13,18-19,21H,3,14-17,22H2,1-2H3,(H,37,38). The maximum atomic E-state index is 9.85.